The number of nitrogens with one attached hydrogen (secondary N) is 1. The maximum absolute atomic E-state index is 12.3. The summed E-state index contributed by atoms with van der Waals surface area (Å²) >= 11 is 4.19. The number of hydrogen-bond donors (Lipinski definition) is 2. The summed E-state index contributed by atoms with van der Waals surface area (Å²) in [6, 6.07) is 15.5. The van der Waals surface area contributed by atoms with Crippen molar-refractivity contribution in [2.24, 2.45) is 5.92 Å². The third-order valence-electron chi connectivity index (χ3n) is 5.14. The van der Waals surface area contributed by atoms with Crippen LogP contribution >= 0.6 is 12.6 Å². The van der Waals surface area contributed by atoms with Gasteiger partial charge in [-0.3, -0.25) is 14.8 Å². The molecule has 0 saturated carbocycles. The highest BCUT2D eigenvalue weighted by Gasteiger charge is 2.15. The third kappa shape index (κ3) is 9.95. The summed E-state index contributed by atoms with van der Waals surface area (Å²) in [4.78, 5) is 28.0. The Morgan fingerprint density at radius 3 is 2.14 bits per heavy atom. The molecule has 0 aromatic carbocycles. The molecule has 0 amide bonds. The molecule has 0 saturated heterocycles. The highest BCUT2D eigenvalue weighted by Crippen LogP contribution is 2.26. The molecule has 196 valence electrons. The minimum Gasteiger partial charge on any atom is -0.464 e. The van der Waals surface area contributed by atoms with Gasteiger partial charge in [0.05, 0.1) is 35.2 Å². The zero-order valence-electron chi connectivity index (χ0n) is 21.9. The molecule has 3 heterocycles. The minimum atomic E-state index is -0.195. The average molecular weight is 512 g/mol. The van der Waals surface area contributed by atoms with Crippen molar-refractivity contribution in [3.63, 3.8) is 0 Å². The predicted molar refractivity (Wildman–Crippen MR) is 154 cm³/mol. The number of thiol groups is 1. The second kappa shape index (κ2) is 16.7. The van der Waals surface area contributed by atoms with Gasteiger partial charge in [-0.1, -0.05) is 39.3 Å². The van der Waals surface area contributed by atoms with Crippen LogP contribution in [-0.2, 0) is 9.53 Å². The van der Waals surface area contributed by atoms with Gasteiger partial charge >= 0.3 is 5.97 Å². The van der Waals surface area contributed by atoms with Crippen LogP contribution in [0.25, 0.3) is 22.8 Å². The normalized spacial score (nSPS) is 11.2. The van der Waals surface area contributed by atoms with Crippen molar-refractivity contribution in [1.82, 2.24) is 20.3 Å². The van der Waals surface area contributed by atoms with Crippen LogP contribution < -0.4 is 10.2 Å². The molecule has 0 aliphatic carbocycles. The first-order valence-corrected chi connectivity index (χ1v) is 13.2. The van der Waals surface area contributed by atoms with Crippen LogP contribution in [0.1, 0.15) is 35.0 Å². The van der Waals surface area contributed by atoms with Crippen LogP contribution in [0, 0.1) is 5.92 Å². The number of pyridine rings is 3. The fraction of sp³-hybridized carbons (Fsp3) is 0.429. The van der Waals surface area contributed by atoms with Crippen LogP contribution in [0.2, 0.25) is 0 Å². The molecule has 8 heteroatoms. The van der Waals surface area contributed by atoms with Gasteiger partial charge in [0.15, 0.2) is 0 Å². The smallest absolute Gasteiger partial charge is 0.310 e. The zero-order valence-corrected chi connectivity index (χ0v) is 22.7. The van der Waals surface area contributed by atoms with E-state index >= 15 is 0 Å². The van der Waals surface area contributed by atoms with E-state index in [9.17, 15) is 4.79 Å². The van der Waals surface area contributed by atoms with Crippen molar-refractivity contribution in [2.45, 2.75) is 33.6 Å². The van der Waals surface area contributed by atoms with Crippen LogP contribution in [0.4, 0.5) is 5.69 Å². The van der Waals surface area contributed by atoms with E-state index in [1.807, 2.05) is 67.4 Å². The molecule has 7 nitrogen and oxygen atoms in total. The summed E-state index contributed by atoms with van der Waals surface area (Å²) in [5.74, 6) is 0.444. The molecule has 3 rings (SSSR count). The van der Waals surface area contributed by atoms with E-state index < -0.39 is 0 Å². The lowest BCUT2D eigenvalue weighted by Gasteiger charge is -2.21. The van der Waals surface area contributed by atoms with Gasteiger partial charge in [0, 0.05) is 33.1 Å². The molecule has 0 bridgehead atoms. The third-order valence-corrected chi connectivity index (χ3v) is 5.46. The molecule has 0 aliphatic rings. The van der Waals surface area contributed by atoms with Gasteiger partial charge in [0.1, 0.15) is 6.61 Å². The van der Waals surface area contributed by atoms with E-state index in [0.717, 1.165) is 47.2 Å². The predicted octanol–water partition coefficient (Wildman–Crippen LogP) is 5.39. The average Bonchev–Trinajstić information content (AvgIpc) is 2.92. The molecule has 3 aromatic rings. The van der Waals surface area contributed by atoms with Crippen LogP contribution in [0.3, 0.4) is 0 Å². The van der Waals surface area contributed by atoms with Crippen LogP contribution in [0.15, 0.2) is 60.9 Å². The first-order valence-electron chi connectivity index (χ1n) is 12.5. The Kier molecular flexibility index (Phi) is 13.5. The first-order chi connectivity index (χ1) is 17.5. The van der Waals surface area contributed by atoms with E-state index in [0.29, 0.717) is 19.7 Å². The standard InChI is InChI=1S/C25H31N5O2S.C3H8.H2/c1-19(18-26-10-7-15-33)25(31)32-14-13-30(2)20-16-23(21-8-3-5-11-27-21)29-24(17-20)22-9-4-6-12-28-22;1-3-2;/h3-6,8-9,11-12,16-17,19,26,33H,7,10,13-15,18H2,1-2H3;3H2,1-2H3;1H. The van der Waals surface area contributed by atoms with Gasteiger partial charge < -0.3 is 15.0 Å². The van der Waals surface area contributed by atoms with Gasteiger partial charge in [-0.25, -0.2) is 4.98 Å². The van der Waals surface area contributed by atoms with Crippen molar-refractivity contribution in [1.29, 1.82) is 0 Å². The summed E-state index contributed by atoms with van der Waals surface area (Å²) in [6.45, 7) is 8.44. The van der Waals surface area contributed by atoms with E-state index in [2.05, 4.69) is 41.8 Å². The van der Waals surface area contributed by atoms with Gasteiger partial charge in [0.25, 0.3) is 0 Å². The van der Waals surface area contributed by atoms with Gasteiger partial charge in [-0.2, -0.15) is 12.6 Å². The first kappa shape index (κ1) is 29.3. The molecule has 1 unspecified atom stereocenters. The van der Waals surface area contributed by atoms with E-state index in [4.69, 9.17) is 9.72 Å². The molecule has 1 N–H and O–H groups in total. The minimum absolute atomic E-state index is 0. The summed E-state index contributed by atoms with van der Waals surface area (Å²) in [5, 5.41) is 3.26. The number of likely N-dealkylation sites (N-methyl/N-ethyl adjacent to an activating group) is 1. The number of ether oxygens (including phenoxy) is 1. The second-order valence-corrected chi connectivity index (χ2v) is 8.95. The molecular formula is C28H41N5O2S. The number of hydrogen-bond acceptors (Lipinski definition) is 8. The second-order valence-electron chi connectivity index (χ2n) is 8.50. The maximum atomic E-state index is 12.3. The monoisotopic (exact) mass is 511 g/mol. The van der Waals surface area contributed by atoms with Gasteiger partial charge in [-0.05, 0) is 55.1 Å². The summed E-state index contributed by atoms with van der Waals surface area (Å²) < 4.78 is 5.51. The highest BCUT2D eigenvalue weighted by molar-refractivity contribution is 7.80. The number of aromatic nitrogens is 3. The van der Waals surface area contributed by atoms with E-state index in [1.165, 1.54) is 6.42 Å². The number of anilines is 1. The Labute approximate surface area is 222 Å². The van der Waals surface area contributed by atoms with Crippen LogP contribution in [-0.4, -0.2) is 60.0 Å². The van der Waals surface area contributed by atoms with Crippen molar-refractivity contribution in [2.75, 3.05) is 43.9 Å². The number of carbonyl (C=O) groups is 1. The van der Waals surface area contributed by atoms with Crippen molar-refractivity contribution in [3.8, 4) is 22.8 Å². The number of esters is 1. The molecule has 0 radical (unpaired) electrons. The molecule has 0 aliphatic heterocycles. The summed E-state index contributed by atoms with van der Waals surface area (Å²) in [5.41, 5.74) is 4.05. The van der Waals surface area contributed by atoms with Crippen molar-refractivity contribution < 1.29 is 11.0 Å². The SMILES string of the molecule is CC(CNCCCS)C(=O)OCCN(C)c1cc(-c2ccccn2)nc(-c2ccccn2)c1.CCC.[HH]. The lowest BCUT2D eigenvalue weighted by atomic mass is 10.1. The molecule has 0 fully saturated rings. The quantitative estimate of drug-likeness (QED) is 0.192. The fourth-order valence-electron chi connectivity index (χ4n) is 3.19. The molecular weight excluding hydrogens is 470 g/mol. The maximum Gasteiger partial charge on any atom is 0.310 e. The Bertz CT molecular complexity index is 970. The molecule has 0 spiro atoms. The highest BCUT2D eigenvalue weighted by atomic mass is 32.1. The van der Waals surface area contributed by atoms with Crippen molar-refractivity contribution in [3.05, 3.63) is 60.9 Å². The Balaban J connectivity index is 0.00000163. The fourth-order valence-corrected chi connectivity index (χ4v) is 3.35. The molecule has 1 atom stereocenters. The molecule has 3 aromatic heterocycles. The number of nitrogens with zero attached hydrogens (tertiary/aromatic N) is 4. The topological polar surface area (TPSA) is 80.2 Å². The Hall–Kier alpha value is -2.97. The largest absolute Gasteiger partial charge is 0.464 e. The lowest BCUT2D eigenvalue weighted by Crippen LogP contribution is -2.31. The van der Waals surface area contributed by atoms with E-state index in [-0.39, 0.29) is 13.3 Å². The summed E-state index contributed by atoms with van der Waals surface area (Å²) in [6.07, 6.45) is 5.73. The van der Waals surface area contributed by atoms with Gasteiger partial charge in [-0.15, -0.1) is 0 Å². The van der Waals surface area contributed by atoms with Crippen LogP contribution in [0.5, 0.6) is 0 Å². The lowest BCUT2D eigenvalue weighted by molar-refractivity contribution is -0.147. The van der Waals surface area contributed by atoms with E-state index in [1.54, 1.807) is 12.4 Å². The Morgan fingerprint density at radius 2 is 1.64 bits per heavy atom. The number of carbonyl (C=O) groups excluding carboxylic acids is 1. The summed E-state index contributed by atoms with van der Waals surface area (Å²) in [7, 11) is 1.97. The number of rotatable bonds is 12. The Morgan fingerprint density at radius 1 is 1.06 bits per heavy atom. The zero-order chi connectivity index (χ0) is 26.2. The van der Waals surface area contributed by atoms with Gasteiger partial charge in [0.2, 0.25) is 0 Å². The van der Waals surface area contributed by atoms with Crippen molar-refractivity contribution >= 4 is 24.3 Å². The molecule has 36 heavy (non-hydrogen) atoms.